The predicted molar refractivity (Wildman–Crippen MR) is 68.8 cm³/mol. The largest absolute Gasteiger partial charge is 0.205 e. The van der Waals surface area contributed by atoms with Crippen molar-refractivity contribution in [1.82, 2.24) is 0 Å². The predicted octanol–water partition coefficient (Wildman–Crippen LogP) is 6.01. The van der Waals surface area contributed by atoms with Crippen molar-refractivity contribution in [3.8, 4) is 0 Å². The summed E-state index contributed by atoms with van der Waals surface area (Å²) >= 11 is 2.45. The Hall–Kier alpha value is -1.97. The van der Waals surface area contributed by atoms with E-state index in [-0.39, 0.29) is 0 Å². The minimum Gasteiger partial charge on any atom is -0.205 e. The highest BCUT2D eigenvalue weighted by Crippen LogP contribution is 2.42. The van der Waals surface area contributed by atoms with Gasteiger partial charge in [0.25, 0.3) is 0 Å². The van der Waals surface area contributed by atoms with Crippen LogP contribution < -0.4 is 0 Å². The number of hydrogen-bond donors (Lipinski definition) is 0. The molecule has 0 saturated heterocycles. The molecule has 0 bridgehead atoms. The normalized spacial score (nSPS) is 11.8. The van der Waals surface area contributed by atoms with Gasteiger partial charge in [0.2, 0.25) is 0 Å². The molecular formula is C14BrF9. The average Bonchev–Trinajstić information content (AvgIpc) is 2.55. The van der Waals surface area contributed by atoms with Gasteiger partial charge in [-0.2, -0.15) is 0 Å². The maximum Gasteiger partial charge on any atom is 0.198 e. The summed E-state index contributed by atoms with van der Waals surface area (Å²) in [5, 5.41) is -5.84. The van der Waals surface area contributed by atoms with Gasteiger partial charge in [0.1, 0.15) is 5.82 Å². The Morgan fingerprint density at radius 2 is 0.583 bits per heavy atom. The first-order valence-corrected chi connectivity index (χ1v) is 6.68. The molecule has 3 rings (SSSR count). The Bertz CT molecular complexity index is 894. The minimum absolute atomic E-state index is 1.01. The van der Waals surface area contributed by atoms with Crippen LogP contribution in [0.2, 0.25) is 0 Å². The quantitative estimate of drug-likeness (QED) is 0.181. The summed E-state index contributed by atoms with van der Waals surface area (Å²) in [6, 6.07) is 0. The molecule has 0 nitrogen and oxygen atoms in total. The lowest BCUT2D eigenvalue weighted by Gasteiger charge is -2.13. The van der Waals surface area contributed by atoms with Crippen molar-refractivity contribution in [2.75, 3.05) is 0 Å². The molecule has 0 aliphatic rings. The number of benzene rings is 3. The molecular weight excluding hydrogens is 419 g/mol. The van der Waals surface area contributed by atoms with Crippen molar-refractivity contribution in [1.29, 1.82) is 0 Å². The zero-order valence-corrected chi connectivity index (χ0v) is 12.4. The molecule has 0 unspecified atom stereocenters. The highest BCUT2D eigenvalue weighted by molar-refractivity contribution is 9.10. The molecule has 24 heavy (non-hydrogen) atoms. The van der Waals surface area contributed by atoms with E-state index in [0.717, 1.165) is 0 Å². The van der Waals surface area contributed by atoms with Crippen LogP contribution in [0.25, 0.3) is 21.5 Å². The molecule has 0 heterocycles. The first kappa shape index (κ1) is 16.9. The van der Waals surface area contributed by atoms with Crippen molar-refractivity contribution in [3.63, 3.8) is 0 Å². The molecule has 0 radical (unpaired) electrons. The first-order valence-electron chi connectivity index (χ1n) is 5.89. The van der Waals surface area contributed by atoms with Crippen LogP contribution in [-0.2, 0) is 0 Å². The molecule has 3 aromatic carbocycles. The minimum atomic E-state index is -2.41. The Morgan fingerprint density at radius 3 is 0.875 bits per heavy atom. The van der Waals surface area contributed by atoms with E-state index in [0.29, 0.717) is 0 Å². The summed E-state index contributed by atoms with van der Waals surface area (Å²) < 4.78 is 122. The zero-order chi connectivity index (χ0) is 18.1. The van der Waals surface area contributed by atoms with E-state index < -0.39 is 78.4 Å². The summed E-state index contributed by atoms with van der Waals surface area (Å²) in [6.45, 7) is 0. The number of hydrogen-bond acceptors (Lipinski definition) is 0. The highest BCUT2D eigenvalue weighted by Gasteiger charge is 2.31. The smallest absolute Gasteiger partial charge is 0.198 e. The fourth-order valence-electron chi connectivity index (χ4n) is 2.34. The summed E-state index contributed by atoms with van der Waals surface area (Å²) in [7, 11) is 0. The van der Waals surface area contributed by atoms with Gasteiger partial charge in [0.15, 0.2) is 46.5 Å². The lowest BCUT2D eigenvalue weighted by Crippen LogP contribution is -2.05. The molecule has 0 aromatic heterocycles. The average molecular weight is 419 g/mol. The molecule has 0 spiro atoms. The fourth-order valence-corrected chi connectivity index (χ4v) is 3.08. The fraction of sp³-hybridized carbons (Fsp3) is 0. The first-order chi connectivity index (χ1) is 11.1. The molecule has 0 atom stereocenters. The van der Waals surface area contributed by atoms with E-state index in [2.05, 4.69) is 15.9 Å². The van der Waals surface area contributed by atoms with Gasteiger partial charge in [-0.05, 0) is 15.9 Å². The van der Waals surface area contributed by atoms with E-state index in [9.17, 15) is 39.5 Å². The Morgan fingerprint density at radius 1 is 0.333 bits per heavy atom. The second kappa shape index (κ2) is 5.27. The maximum absolute atomic E-state index is 14.3. The Labute approximate surface area is 134 Å². The van der Waals surface area contributed by atoms with E-state index in [4.69, 9.17) is 0 Å². The lowest BCUT2D eigenvalue weighted by molar-refractivity contribution is 0.413. The maximum atomic E-state index is 14.3. The summed E-state index contributed by atoms with van der Waals surface area (Å²) in [5.41, 5.74) is 0. The molecule has 126 valence electrons. The summed E-state index contributed by atoms with van der Waals surface area (Å²) in [6.07, 6.45) is 0. The molecule has 0 N–H and O–H groups in total. The van der Waals surface area contributed by atoms with Crippen molar-refractivity contribution < 1.29 is 39.5 Å². The van der Waals surface area contributed by atoms with E-state index in [1.54, 1.807) is 0 Å². The van der Waals surface area contributed by atoms with E-state index in [1.807, 2.05) is 0 Å². The van der Waals surface area contributed by atoms with Crippen LogP contribution in [0.1, 0.15) is 0 Å². The van der Waals surface area contributed by atoms with Gasteiger partial charge in [-0.1, -0.05) is 0 Å². The van der Waals surface area contributed by atoms with Crippen LogP contribution in [0.3, 0.4) is 0 Å². The van der Waals surface area contributed by atoms with Gasteiger partial charge in [-0.3, -0.25) is 0 Å². The van der Waals surface area contributed by atoms with Crippen LogP contribution in [0, 0.1) is 52.4 Å². The van der Waals surface area contributed by atoms with Gasteiger partial charge in [0.05, 0.1) is 10.8 Å². The SMILES string of the molecule is Fc1c(F)c(F)c2c(Br)c3c(F)c(F)c(F)c(F)c3c(F)c2c1F. The van der Waals surface area contributed by atoms with Crippen LogP contribution in [0.4, 0.5) is 39.5 Å². The van der Waals surface area contributed by atoms with Crippen molar-refractivity contribution in [3.05, 3.63) is 56.8 Å². The molecule has 0 aliphatic carbocycles. The van der Waals surface area contributed by atoms with Crippen LogP contribution >= 0.6 is 15.9 Å². The standard InChI is InChI=1S/C14BrF9/c15-5-1-3(9(19)13(23)11(21)7(1)17)6(16)4-2(5)8(18)12(22)14(24)10(4)20. The Kier molecular flexibility index (Phi) is 3.70. The van der Waals surface area contributed by atoms with E-state index >= 15 is 0 Å². The van der Waals surface area contributed by atoms with Gasteiger partial charge < -0.3 is 0 Å². The van der Waals surface area contributed by atoms with E-state index in [1.165, 1.54) is 0 Å². The topological polar surface area (TPSA) is 0 Å². The van der Waals surface area contributed by atoms with Gasteiger partial charge >= 0.3 is 0 Å². The monoisotopic (exact) mass is 418 g/mol. The summed E-state index contributed by atoms with van der Waals surface area (Å²) in [4.78, 5) is 0. The lowest BCUT2D eigenvalue weighted by atomic mass is 10.00. The third-order valence-corrected chi connectivity index (χ3v) is 4.21. The number of rotatable bonds is 0. The second-order valence-corrected chi connectivity index (χ2v) is 5.43. The molecule has 0 aliphatic heterocycles. The molecule has 0 saturated carbocycles. The Balaban J connectivity index is 2.82. The molecule has 10 heteroatoms. The number of halogens is 10. The van der Waals surface area contributed by atoms with Crippen molar-refractivity contribution >= 4 is 37.5 Å². The third-order valence-electron chi connectivity index (χ3n) is 3.41. The third kappa shape index (κ3) is 1.89. The van der Waals surface area contributed by atoms with Gasteiger partial charge in [-0.25, -0.2) is 39.5 Å². The van der Waals surface area contributed by atoms with Crippen LogP contribution in [0.15, 0.2) is 4.47 Å². The van der Waals surface area contributed by atoms with Crippen molar-refractivity contribution in [2.45, 2.75) is 0 Å². The molecule has 3 aromatic rings. The van der Waals surface area contributed by atoms with Crippen molar-refractivity contribution in [2.24, 2.45) is 0 Å². The number of fused-ring (bicyclic) bond motifs is 2. The highest BCUT2D eigenvalue weighted by atomic mass is 79.9. The van der Waals surface area contributed by atoms with Crippen LogP contribution in [-0.4, -0.2) is 0 Å². The van der Waals surface area contributed by atoms with Crippen LogP contribution in [0.5, 0.6) is 0 Å². The van der Waals surface area contributed by atoms with Gasteiger partial charge in [-0.15, -0.1) is 0 Å². The summed E-state index contributed by atoms with van der Waals surface area (Å²) in [5.74, 6) is -20.4. The zero-order valence-electron chi connectivity index (χ0n) is 10.8. The van der Waals surface area contributed by atoms with Gasteiger partial charge in [0, 0.05) is 15.2 Å². The molecule has 0 fully saturated rings. The second-order valence-electron chi connectivity index (χ2n) is 4.64. The molecule has 0 amide bonds.